The summed E-state index contributed by atoms with van der Waals surface area (Å²) in [6.07, 6.45) is 1.81. The predicted octanol–water partition coefficient (Wildman–Crippen LogP) is 5.81. The van der Waals surface area contributed by atoms with Crippen molar-refractivity contribution in [2.24, 2.45) is 0 Å². The first-order valence-corrected chi connectivity index (χ1v) is 8.09. The number of rotatable bonds is 6. The van der Waals surface area contributed by atoms with Crippen molar-refractivity contribution >= 4 is 16.8 Å². The molecule has 0 spiro atoms. The van der Waals surface area contributed by atoms with Crippen molar-refractivity contribution in [2.75, 3.05) is 0 Å². The fourth-order valence-corrected chi connectivity index (χ4v) is 2.66. The maximum absolute atomic E-state index is 6.04. The largest absolute Gasteiger partial charge is 0.463 e. The molecular formula is C22H22O2. The fourth-order valence-electron chi connectivity index (χ4n) is 2.66. The number of fused-ring (bicyclic) bond motifs is 1. The van der Waals surface area contributed by atoms with Gasteiger partial charge in [-0.25, -0.2) is 0 Å². The van der Waals surface area contributed by atoms with Gasteiger partial charge in [-0.15, -0.1) is 0 Å². The standard InChI is InChI=1S/C22H22O2/c1-4-17-12-14-20(15-13-17)24-22(2,3)23-16-19-10-7-9-18-8-5-6-11-21(18)19/h4-15H,1,16H2,2-3H3. The molecule has 0 aliphatic carbocycles. The monoisotopic (exact) mass is 318 g/mol. The van der Waals surface area contributed by atoms with E-state index in [1.807, 2.05) is 50.3 Å². The van der Waals surface area contributed by atoms with Crippen LogP contribution in [0.15, 0.2) is 73.3 Å². The van der Waals surface area contributed by atoms with Crippen molar-refractivity contribution in [3.63, 3.8) is 0 Å². The second-order valence-corrected chi connectivity index (χ2v) is 6.20. The smallest absolute Gasteiger partial charge is 0.205 e. The van der Waals surface area contributed by atoms with E-state index < -0.39 is 5.79 Å². The third-order valence-electron chi connectivity index (χ3n) is 3.93. The second kappa shape index (κ2) is 6.90. The molecule has 0 fully saturated rings. The van der Waals surface area contributed by atoms with Gasteiger partial charge in [-0.2, -0.15) is 0 Å². The van der Waals surface area contributed by atoms with Gasteiger partial charge in [-0.1, -0.05) is 67.3 Å². The molecule has 0 N–H and O–H groups in total. The third kappa shape index (κ3) is 3.84. The Labute approximate surface area is 143 Å². The minimum Gasteiger partial charge on any atom is -0.463 e. The van der Waals surface area contributed by atoms with Crippen molar-refractivity contribution in [3.8, 4) is 5.75 Å². The molecule has 3 rings (SSSR count). The summed E-state index contributed by atoms with van der Waals surface area (Å²) < 4.78 is 12.0. The van der Waals surface area contributed by atoms with Gasteiger partial charge in [0.25, 0.3) is 0 Å². The van der Waals surface area contributed by atoms with Gasteiger partial charge in [0.2, 0.25) is 5.79 Å². The van der Waals surface area contributed by atoms with Crippen LogP contribution in [0.5, 0.6) is 5.75 Å². The minimum atomic E-state index is -0.716. The first-order chi connectivity index (χ1) is 11.6. The second-order valence-electron chi connectivity index (χ2n) is 6.20. The molecule has 0 aliphatic rings. The summed E-state index contributed by atoms with van der Waals surface area (Å²) in [5, 5.41) is 2.43. The quantitative estimate of drug-likeness (QED) is 0.534. The zero-order chi connectivity index (χ0) is 17.0. The SMILES string of the molecule is C=Cc1ccc(OC(C)(C)OCc2cccc3ccccc23)cc1. The molecule has 3 aromatic carbocycles. The van der Waals surface area contributed by atoms with Crippen LogP contribution < -0.4 is 4.74 Å². The van der Waals surface area contributed by atoms with E-state index in [1.54, 1.807) is 0 Å². The first kappa shape index (κ1) is 16.3. The minimum absolute atomic E-state index is 0.499. The van der Waals surface area contributed by atoms with Crippen LogP contribution >= 0.6 is 0 Å². The van der Waals surface area contributed by atoms with Gasteiger partial charge in [0.1, 0.15) is 5.75 Å². The van der Waals surface area contributed by atoms with E-state index in [9.17, 15) is 0 Å². The molecule has 0 aliphatic heterocycles. The van der Waals surface area contributed by atoms with Gasteiger partial charge in [0, 0.05) is 13.8 Å². The topological polar surface area (TPSA) is 18.5 Å². The Morgan fingerprint density at radius 3 is 2.38 bits per heavy atom. The lowest BCUT2D eigenvalue weighted by Gasteiger charge is -2.27. The first-order valence-electron chi connectivity index (χ1n) is 8.09. The van der Waals surface area contributed by atoms with Crippen LogP contribution in [0.4, 0.5) is 0 Å². The molecular weight excluding hydrogens is 296 g/mol. The van der Waals surface area contributed by atoms with Crippen molar-refractivity contribution in [1.82, 2.24) is 0 Å². The number of hydrogen-bond acceptors (Lipinski definition) is 2. The van der Waals surface area contributed by atoms with Gasteiger partial charge in [-0.3, -0.25) is 0 Å². The molecule has 0 amide bonds. The fraction of sp³-hybridized carbons (Fsp3) is 0.182. The van der Waals surface area contributed by atoms with Crippen LogP contribution in [0, 0.1) is 0 Å². The maximum Gasteiger partial charge on any atom is 0.205 e. The predicted molar refractivity (Wildman–Crippen MR) is 100.0 cm³/mol. The molecule has 0 bridgehead atoms. The lowest BCUT2D eigenvalue weighted by atomic mass is 10.1. The van der Waals surface area contributed by atoms with E-state index in [4.69, 9.17) is 9.47 Å². The molecule has 0 atom stereocenters. The Hall–Kier alpha value is -2.58. The molecule has 0 heterocycles. The van der Waals surface area contributed by atoms with Crippen LogP contribution in [-0.2, 0) is 11.3 Å². The van der Waals surface area contributed by atoms with E-state index in [-0.39, 0.29) is 0 Å². The van der Waals surface area contributed by atoms with Crippen molar-refractivity contribution < 1.29 is 9.47 Å². The van der Waals surface area contributed by atoms with E-state index >= 15 is 0 Å². The van der Waals surface area contributed by atoms with Gasteiger partial charge < -0.3 is 9.47 Å². The van der Waals surface area contributed by atoms with Crippen LogP contribution in [0.2, 0.25) is 0 Å². The van der Waals surface area contributed by atoms with Crippen LogP contribution in [0.3, 0.4) is 0 Å². The zero-order valence-electron chi connectivity index (χ0n) is 14.2. The molecule has 0 saturated carbocycles. The van der Waals surface area contributed by atoms with E-state index in [1.165, 1.54) is 10.8 Å². The molecule has 0 unspecified atom stereocenters. The summed E-state index contributed by atoms with van der Waals surface area (Å²) in [6, 6.07) is 22.4. The highest BCUT2D eigenvalue weighted by Gasteiger charge is 2.21. The third-order valence-corrected chi connectivity index (χ3v) is 3.93. The molecule has 24 heavy (non-hydrogen) atoms. The summed E-state index contributed by atoms with van der Waals surface area (Å²) in [6.45, 7) is 8.12. The summed E-state index contributed by atoms with van der Waals surface area (Å²) in [5.41, 5.74) is 2.23. The summed E-state index contributed by atoms with van der Waals surface area (Å²) >= 11 is 0. The van der Waals surface area contributed by atoms with Crippen LogP contribution in [-0.4, -0.2) is 5.79 Å². The number of hydrogen-bond donors (Lipinski definition) is 0. The van der Waals surface area contributed by atoms with Gasteiger partial charge in [0.15, 0.2) is 0 Å². The van der Waals surface area contributed by atoms with Crippen LogP contribution in [0.1, 0.15) is 25.0 Å². The Kier molecular flexibility index (Phi) is 4.68. The molecule has 122 valence electrons. The van der Waals surface area contributed by atoms with Crippen molar-refractivity contribution in [2.45, 2.75) is 26.2 Å². The average Bonchev–Trinajstić information content (AvgIpc) is 2.60. The Balaban J connectivity index is 1.70. The Bertz CT molecular complexity index is 827. The van der Waals surface area contributed by atoms with Crippen LogP contribution in [0.25, 0.3) is 16.8 Å². The molecule has 2 nitrogen and oxygen atoms in total. The van der Waals surface area contributed by atoms with Gasteiger partial charge in [0.05, 0.1) is 6.61 Å². The van der Waals surface area contributed by atoms with E-state index in [0.717, 1.165) is 16.9 Å². The Morgan fingerprint density at radius 2 is 1.62 bits per heavy atom. The van der Waals surface area contributed by atoms with E-state index in [0.29, 0.717) is 6.61 Å². The summed E-state index contributed by atoms with van der Waals surface area (Å²) in [4.78, 5) is 0. The molecule has 0 saturated heterocycles. The highest BCUT2D eigenvalue weighted by Crippen LogP contribution is 2.24. The summed E-state index contributed by atoms with van der Waals surface area (Å²) in [7, 11) is 0. The molecule has 2 heteroatoms. The normalized spacial score (nSPS) is 11.4. The molecule has 0 radical (unpaired) electrons. The van der Waals surface area contributed by atoms with Gasteiger partial charge in [-0.05, 0) is 34.0 Å². The maximum atomic E-state index is 6.04. The van der Waals surface area contributed by atoms with E-state index in [2.05, 4.69) is 43.0 Å². The average molecular weight is 318 g/mol. The lowest BCUT2D eigenvalue weighted by Crippen LogP contribution is -2.31. The molecule has 3 aromatic rings. The highest BCUT2D eigenvalue weighted by atomic mass is 16.7. The Morgan fingerprint density at radius 1 is 0.917 bits per heavy atom. The lowest BCUT2D eigenvalue weighted by molar-refractivity contribution is -0.164. The van der Waals surface area contributed by atoms with Crippen molar-refractivity contribution in [1.29, 1.82) is 0 Å². The zero-order valence-corrected chi connectivity index (χ0v) is 14.2. The number of ether oxygens (including phenoxy) is 2. The number of benzene rings is 3. The van der Waals surface area contributed by atoms with Crippen molar-refractivity contribution in [3.05, 3.63) is 84.4 Å². The molecule has 0 aromatic heterocycles. The summed E-state index contributed by atoms with van der Waals surface area (Å²) in [5.74, 6) is 0.0654. The highest BCUT2D eigenvalue weighted by molar-refractivity contribution is 5.85. The van der Waals surface area contributed by atoms with Gasteiger partial charge >= 0.3 is 0 Å².